The van der Waals surface area contributed by atoms with Crippen LogP contribution in [0.4, 0.5) is 5.69 Å². The third-order valence-electron chi connectivity index (χ3n) is 6.46. The molecule has 35 heavy (non-hydrogen) atoms. The molecule has 2 heterocycles. The van der Waals surface area contributed by atoms with Crippen molar-refractivity contribution in [1.82, 2.24) is 9.21 Å². The van der Waals surface area contributed by atoms with Gasteiger partial charge in [0.2, 0.25) is 15.9 Å². The van der Waals surface area contributed by atoms with Crippen LogP contribution in [0.25, 0.3) is 10.8 Å². The standard InChI is InChI=1S/C26H25N3O5S/c30-23(27-19-9-5-10-20(17-19)35(33,34)28-14-1-2-15-28)13-6-16-29-25(31)21-11-3-7-18-8-4-12-22(24(18)21)26(29)32/h3-5,7-12,17H,1-2,6,13-16H2,(H,27,30). The maximum Gasteiger partial charge on any atom is 0.261 e. The summed E-state index contributed by atoms with van der Waals surface area (Å²) in [4.78, 5) is 39.8. The van der Waals surface area contributed by atoms with E-state index in [1.165, 1.54) is 21.3 Å². The van der Waals surface area contributed by atoms with Gasteiger partial charge in [0.05, 0.1) is 4.90 Å². The lowest BCUT2D eigenvalue weighted by atomic mass is 9.94. The molecule has 0 atom stereocenters. The third kappa shape index (κ3) is 4.33. The van der Waals surface area contributed by atoms with Crippen LogP contribution in [0, 0.1) is 0 Å². The van der Waals surface area contributed by atoms with Crippen molar-refractivity contribution in [2.45, 2.75) is 30.6 Å². The fraction of sp³-hybridized carbons (Fsp3) is 0.269. The van der Waals surface area contributed by atoms with Crippen molar-refractivity contribution in [3.8, 4) is 0 Å². The van der Waals surface area contributed by atoms with Crippen LogP contribution >= 0.6 is 0 Å². The first kappa shape index (κ1) is 23.2. The molecule has 3 aromatic carbocycles. The summed E-state index contributed by atoms with van der Waals surface area (Å²) in [5.74, 6) is -1.04. The Balaban J connectivity index is 1.22. The Bertz CT molecular complexity index is 1390. The second-order valence-corrected chi connectivity index (χ2v) is 10.7. The second kappa shape index (κ2) is 9.24. The van der Waals surface area contributed by atoms with Crippen molar-refractivity contribution in [2.24, 2.45) is 0 Å². The average molecular weight is 492 g/mol. The minimum absolute atomic E-state index is 0.0754. The summed E-state index contributed by atoms with van der Waals surface area (Å²) in [5, 5.41) is 4.24. The molecule has 1 saturated heterocycles. The highest BCUT2D eigenvalue weighted by molar-refractivity contribution is 7.89. The Labute approximate surface area is 203 Å². The van der Waals surface area contributed by atoms with Gasteiger partial charge in [-0.1, -0.05) is 30.3 Å². The molecule has 0 aromatic heterocycles. The molecule has 180 valence electrons. The number of imide groups is 1. The highest BCUT2D eigenvalue weighted by atomic mass is 32.2. The smallest absolute Gasteiger partial charge is 0.261 e. The number of benzene rings is 3. The molecule has 2 aliphatic rings. The quantitative estimate of drug-likeness (QED) is 0.508. The lowest BCUT2D eigenvalue weighted by molar-refractivity contribution is -0.116. The molecule has 8 nitrogen and oxygen atoms in total. The van der Waals surface area contributed by atoms with Crippen molar-refractivity contribution in [1.29, 1.82) is 0 Å². The topological polar surface area (TPSA) is 104 Å². The highest BCUT2D eigenvalue weighted by Crippen LogP contribution is 2.30. The van der Waals surface area contributed by atoms with Crippen molar-refractivity contribution < 1.29 is 22.8 Å². The van der Waals surface area contributed by atoms with Crippen LogP contribution in [0.3, 0.4) is 0 Å². The highest BCUT2D eigenvalue weighted by Gasteiger charge is 2.32. The molecule has 3 amide bonds. The molecule has 0 unspecified atom stereocenters. The minimum Gasteiger partial charge on any atom is -0.326 e. The maximum atomic E-state index is 13.0. The number of sulfonamides is 1. The number of carbonyl (C=O) groups excluding carboxylic acids is 3. The van der Waals surface area contributed by atoms with Crippen LogP contribution in [0.5, 0.6) is 0 Å². The summed E-state index contributed by atoms with van der Waals surface area (Å²) in [7, 11) is -3.58. The Morgan fingerprint density at radius 3 is 2.17 bits per heavy atom. The molecule has 1 N–H and O–H groups in total. The van der Waals surface area contributed by atoms with Crippen LogP contribution in [0.15, 0.2) is 65.6 Å². The molecular weight excluding hydrogens is 466 g/mol. The van der Waals surface area contributed by atoms with Gasteiger partial charge in [0.1, 0.15) is 0 Å². The molecule has 3 aromatic rings. The van der Waals surface area contributed by atoms with E-state index in [2.05, 4.69) is 5.32 Å². The van der Waals surface area contributed by atoms with E-state index in [4.69, 9.17) is 0 Å². The van der Waals surface area contributed by atoms with E-state index in [0.29, 0.717) is 35.3 Å². The summed E-state index contributed by atoms with van der Waals surface area (Å²) < 4.78 is 27.0. The summed E-state index contributed by atoms with van der Waals surface area (Å²) in [6.07, 6.45) is 2.05. The lowest BCUT2D eigenvalue weighted by Crippen LogP contribution is -2.41. The summed E-state index contributed by atoms with van der Waals surface area (Å²) in [6.45, 7) is 1.12. The lowest BCUT2D eigenvalue weighted by Gasteiger charge is -2.27. The maximum absolute atomic E-state index is 13.0. The molecule has 0 aliphatic carbocycles. The fourth-order valence-corrected chi connectivity index (χ4v) is 6.28. The van der Waals surface area contributed by atoms with E-state index in [9.17, 15) is 22.8 Å². The molecule has 2 aliphatic heterocycles. The normalized spacial score (nSPS) is 16.2. The van der Waals surface area contributed by atoms with Crippen LogP contribution in [-0.4, -0.2) is 55.0 Å². The van der Waals surface area contributed by atoms with E-state index < -0.39 is 10.0 Å². The largest absolute Gasteiger partial charge is 0.326 e. The number of carbonyl (C=O) groups is 3. The Kier molecular flexibility index (Phi) is 6.12. The molecule has 0 radical (unpaired) electrons. The summed E-state index contributed by atoms with van der Waals surface area (Å²) in [5.41, 5.74) is 1.36. The van der Waals surface area contributed by atoms with Crippen molar-refractivity contribution in [3.05, 3.63) is 71.8 Å². The third-order valence-corrected chi connectivity index (χ3v) is 8.36. The first-order valence-corrected chi connectivity index (χ1v) is 13.1. The van der Waals surface area contributed by atoms with Crippen molar-refractivity contribution in [3.63, 3.8) is 0 Å². The molecule has 1 fully saturated rings. The zero-order valence-electron chi connectivity index (χ0n) is 19.1. The molecule has 0 spiro atoms. The number of hydrogen-bond donors (Lipinski definition) is 1. The second-order valence-electron chi connectivity index (χ2n) is 8.76. The summed E-state index contributed by atoms with van der Waals surface area (Å²) in [6, 6.07) is 17.0. The van der Waals surface area contributed by atoms with Gasteiger partial charge >= 0.3 is 0 Å². The van der Waals surface area contributed by atoms with E-state index in [-0.39, 0.29) is 42.0 Å². The van der Waals surface area contributed by atoms with Crippen LogP contribution in [0.2, 0.25) is 0 Å². The van der Waals surface area contributed by atoms with Gasteiger partial charge in [0.15, 0.2) is 0 Å². The van der Waals surface area contributed by atoms with Gasteiger partial charge in [-0.05, 0) is 55.0 Å². The van der Waals surface area contributed by atoms with Gasteiger partial charge in [0, 0.05) is 48.3 Å². The van der Waals surface area contributed by atoms with Gasteiger partial charge in [-0.2, -0.15) is 4.31 Å². The zero-order valence-corrected chi connectivity index (χ0v) is 19.9. The molecule has 0 bridgehead atoms. The number of nitrogens with one attached hydrogen (secondary N) is 1. The summed E-state index contributed by atoms with van der Waals surface area (Å²) >= 11 is 0. The fourth-order valence-electron chi connectivity index (χ4n) is 4.72. The van der Waals surface area contributed by atoms with Crippen LogP contribution in [0.1, 0.15) is 46.4 Å². The monoisotopic (exact) mass is 491 g/mol. The minimum atomic E-state index is -3.58. The van der Waals surface area contributed by atoms with Gasteiger partial charge in [0.25, 0.3) is 11.8 Å². The number of nitrogens with zero attached hydrogens (tertiary/aromatic N) is 2. The predicted octanol–water partition coefficient (Wildman–Crippen LogP) is 3.64. The Morgan fingerprint density at radius 1 is 0.886 bits per heavy atom. The van der Waals surface area contributed by atoms with Gasteiger partial charge in [-0.15, -0.1) is 0 Å². The van der Waals surface area contributed by atoms with Gasteiger partial charge < -0.3 is 5.32 Å². The van der Waals surface area contributed by atoms with Gasteiger partial charge in [-0.25, -0.2) is 8.42 Å². The van der Waals surface area contributed by atoms with Gasteiger partial charge in [-0.3, -0.25) is 19.3 Å². The van der Waals surface area contributed by atoms with Crippen LogP contribution < -0.4 is 5.32 Å². The number of hydrogen-bond acceptors (Lipinski definition) is 5. The average Bonchev–Trinajstić information content (AvgIpc) is 3.41. The zero-order chi connectivity index (χ0) is 24.6. The predicted molar refractivity (Wildman–Crippen MR) is 132 cm³/mol. The van der Waals surface area contributed by atoms with Crippen molar-refractivity contribution >= 4 is 44.2 Å². The van der Waals surface area contributed by atoms with E-state index in [0.717, 1.165) is 18.2 Å². The number of amides is 3. The van der Waals surface area contributed by atoms with E-state index in [1.807, 2.05) is 12.1 Å². The van der Waals surface area contributed by atoms with Crippen molar-refractivity contribution in [2.75, 3.05) is 25.0 Å². The Morgan fingerprint density at radius 2 is 1.51 bits per heavy atom. The number of rotatable bonds is 7. The van der Waals surface area contributed by atoms with E-state index in [1.54, 1.807) is 36.4 Å². The first-order valence-electron chi connectivity index (χ1n) is 11.6. The molecule has 0 saturated carbocycles. The molecule has 5 rings (SSSR count). The van der Waals surface area contributed by atoms with E-state index >= 15 is 0 Å². The molecule has 9 heteroatoms. The Hall–Kier alpha value is -3.56. The first-order chi connectivity index (χ1) is 16.9. The SMILES string of the molecule is O=C(CCCN1C(=O)c2cccc3cccc(c23)C1=O)Nc1cccc(S(=O)(=O)N2CCCC2)c1. The molecular formula is C26H25N3O5S. The number of anilines is 1. The van der Waals surface area contributed by atoms with Crippen LogP contribution in [-0.2, 0) is 14.8 Å².